The smallest absolute Gasteiger partial charge is 0.380 e. The summed E-state index contributed by atoms with van der Waals surface area (Å²) in [5.74, 6) is 3.04. The maximum Gasteiger partial charge on any atom is 0.380 e. The van der Waals surface area contributed by atoms with Gasteiger partial charge in [0.05, 0.1) is 0 Å². The molecule has 0 spiro atoms. The van der Waals surface area contributed by atoms with Crippen LogP contribution in [0.5, 0.6) is 0 Å². The van der Waals surface area contributed by atoms with Gasteiger partial charge in [-0.3, -0.25) is 10.2 Å². The van der Waals surface area contributed by atoms with Crippen LogP contribution in [0.3, 0.4) is 0 Å². The Hall–Kier alpha value is -1.67. The molecular weight excluding hydrogens is 252 g/mol. The highest BCUT2D eigenvalue weighted by atomic mass is 32.2. The Bertz CT molecular complexity index is 525. The number of oxazole rings is 1. The van der Waals surface area contributed by atoms with Crippen molar-refractivity contribution in [2.75, 3.05) is 0 Å². The number of hydrogen-bond donors (Lipinski definition) is 2. The van der Waals surface area contributed by atoms with Crippen LogP contribution in [0, 0.1) is 0 Å². The average Bonchev–Trinajstić information content (AvgIpc) is 2.68. The van der Waals surface area contributed by atoms with E-state index in [-0.39, 0.29) is 17.0 Å². The zero-order valence-corrected chi connectivity index (χ0v) is 9.13. The van der Waals surface area contributed by atoms with E-state index in [0.717, 1.165) is 0 Å². The molecule has 3 N–H and O–H groups in total. The van der Waals surface area contributed by atoms with Crippen molar-refractivity contribution in [3.05, 3.63) is 24.3 Å². The summed E-state index contributed by atoms with van der Waals surface area (Å²) in [5.41, 5.74) is 2.20. The van der Waals surface area contributed by atoms with Gasteiger partial charge in [0.15, 0.2) is 5.58 Å². The SMILES string of the molecule is NNC(=O)C(F)(F)Sc1nc2ccccc2o1. The second-order valence-corrected chi connectivity index (χ2v) is 4.11. The summed E-state index contributed by atoms with van der Waals surface area (Å²) in [6.07, 6.45) is 0. The molecule has 17 heavy (non-hydrogen) atoms. The van der Waals surface area contributed by atoms with Crippen molar-refractivity contribution in [3.63, 3.8) is 0 Å². The van der Waals surface area contributed by atoms with E-state index >= 15 is 0 Å². The van der Waals surface area contributed by atoms with Crippen LogP contribution < -0.4 is 11.3 Å². The monoisotopic (exact) mass is 259 g/mol. The van der Waals surface area contributed by atoms with Crippen LogP contribution in [-0.4, -0.2) is 16.1 Å². The minimum Gasteiger partial charge on any atom is -0.431 e. The first-order valence-corrected chi connectivity index (χ1v) is 5.28. The first-order valence-electron chi connectivity index (χ1n) is 4.46. The highest BCUT2D eigenvalue weighted by Crippen LogP contribution is 2.36. The Labute approximate surface area is 98.3 Å². The predicted octanol–water partition coefficient (Wildman–Crippen LogP) is 1.50. The van der Waals surface area contributed by atoms with Gasteiger partial charge in [0, 0.05) is 11.8 Å². The van der Waals surface area contributed by atoms with Crippen molar-refractivity contribution in [2.45, 2.75) is 10.5 Å². The van der Waals surface area contributed by atoms with Gasteiger partial charge in [-0.15, -0.1) is 0 Å². The molecule has 0 saturated carbocycles. The zero-order valence-electron chi connectivity index (χ0n) is 8.31. The molecule has 0 aliphatic carbocycles. The van der Waals surface area contributed by atoms with E-state index in [2.05, 4.69) is 10.8 Å². The van der Waals surface area contributed by atoms with Gasteiger partial charge in [-0.05, 0) is 12.1 Å². The number of amides is 1. The number of para-hydroxylation sites is 2. The Morgan fingerprint density at radius 2 is 2.18 bits per heavy atom. The summed E-state index contributed by atoms with van der Waals surface area (Å²) >= 11 is -0.0988. The predicted molar refractivity (Wildman–Crippen MR) is 57.1 cm³/mol. The van der Waals surface area contributed by atoms with E-state index in [1.54, 1.807) is 24.3 Å². The van der Waals surface area contributed by atoms with Crippen LogP contribution in [0.4, 0.5) is 8.78 Å². The number of hydrazine groups is 1. The van der Waals surface area contributed by atoms with Crippen LogP contribution in [0.2, 0.25) is 0 Å². The lowest BCUT2D eigenvalue weighted by Gasteiger charge is -2.10. The van der Waals surface area contributed by atoms with Gasteiger partial charge in [0.2, 0.25) is 0 Å². The summed E-state index contributed by atoms with van der Waals surface area (Å²) in [6, 6.07) is 6.59. The number of alkyl halides is 2. The van der Waals surface area contributed by atoms with Gasteiger partial charge in [0.25, 0.3) is 5.22 Å². The number of nitrogens with zero attached hydrogens (tertiary/aromatic N) is 1. The maximum atomic E-state index is 13.2. The van der Waals surface area contributed by atoms with Crippen molar-refractivity contribution in [3.8, 4) is 0 Å². The van der Waals surface area contributed by atoms with E-state index in [1.807, 2.05) is 0 Å². The summed E-state index contributed by atoms with van der Waals surface area (Å²) < 4.78 is 31.5. The molecule has 0 atom stereocenters. The topological polar surface area (TPSA) is 81.1 Å². The summed E-state index contributed by atoms with van der Waals surface area (Å²) in [7, 11) is 0. The van der Waals surface area contributed by atoms with Gasteiger partial charge in [-0.2, -0.15) is 8.78 Å². The third-order valence-electron chi connectivity index (χ3n) is 1.89. The molecule has 0 radical (unpaired) electrons. The number of nitrogens with two attached hydrogens (primary N) is 1. The molecule has 1 aromatic carbocycles. The molecule has 8 heteroatoms. The average molecular weight is 259 g/mol. The van der Waals surface area contributed by atoms with Crippen molar-refractivity contribution < 1.29 is 18.0 Å². The van der Waals surface area contributed by atoms with Gasteiger partial charge in [-0.25, -0.2) is 10.8 Å². The number of thioether (sulfide) groups is 1. The Kier molecular flexibility index (Phi) is 2.99. The van der Waals surface area contributed by atoms with E-state index < -0.39 is 11.2 Å². The third kappa shape index (κ3) is 2.37. The number of nitrogens with one attached hydrogen (secondary N) is 1. The summed E-state index contributed by atoms with van der Waals surface area (Å²) in [6.45, 7) is 0. The Morgan fingerprint density at radius 1 is 1.47 bits per heavy atom. The molecule has 0 unspecified atom stereocenters. The highest BCUT2D eigenvalue weighted by Gasteiger charge is 2.41. The molecule has 90 valence electrons. The number of rotatable bonds is 3. The minimum absolute atomic E-state index is 0.0988. The van der Waals surface area contributed by atoms with Crippen molar-refractivity contribution >= 4 is 28.8 Å². The molecule has 1 aromatic heterocycles. The number of carbonyl (C=O) groups is 1. The third-order valence-corrected chi connectivity index (χ3v) is 2.68. The molecule has 0 aliphatic rings. The lowest BCUT2D eigenvalue weighted by molar-refractivity contribution is -0.134. The van der Waals surface area contributed by atoms with Gasteiger partial charge >= 0.3 is 11.2 Å². The molecule has 0 aliphatic heterocycles. The lowest BCUT2D eigenvalue weighted by Crippen LogP contribution is -2.41. The van der Waals surface area contributed by atoms with Crippen LogP contribution in [-0.2, 0) is 4.79 Å². The minimum atomic E-state index is -3.73. The fourth-order valence-electron chi connectivity index (χ4n) is 1.13. The molecule has 0 saturated heterocycles. The van der Waals surface area contributed by atoms with Crippen LogP contribution in [0.1, 0.15) is 0 Å². The number of benzene rings is 1. The summed E-state index contributed by atoms with van der Waals surface area (Å²) in [5, 5.41) is -4.02. The van der Waals surface area contributed by atoms with Crippen LogP contribution >= 0.6 is 11.8 Å². The highest BCUT2D eigenvalue weighted by molar-refractivity contribution is 8.00. The molecular formula is C9H7F2N3O2S. The van der Waals surface area contributed by atoms with E-state index in [9.17, 15) is 13.6 Å². The van der Waals surface area contributed by atoms with Gasteiger partial charge in [-0.1, -0.05) is 12.1 Å². The first kappa shape index (κ1) is 11.8. The first-order chi connectivity index (χ1) is 8.03. The molecule has 5 nitrogen and oxygen atoms in total. The van der Waals surface area contributed by atoms with Gasteiger partial charge in [0.1, 0.15) is 5.52 Å². The standard InChI is InChI=1S/C9H7F2N3O2S/c10-9(11,7(15)14-12)17-8-13-5-3-1-2-4-6(5)16-8/h1-4H,12H2,(H,14,15). The molecule has 1 amide bonds. The second kappa shape index (κ2) is 4.30. The van der Waals surface area contributed by atoms with Crippen molar-refractivity contribution in [2.24, 2.45) is 5.84 Å². The number of aromatic nitrogens is 1. The largest absolute Gasteiger partial charge is 0.431 e. The molecule has 0 fully saturated rings. The maximum absolute atomic E-state index is 13.2. The van der Waals surface area contributed by atoms with E-state index in [0.29, 0.717) is 11.1 Å². The quantitative estimate of drug-likeness (QED) is 0.378. The molecule has 2 aromatic rings. The Morgan fingerprint density at radius 3 is 2.82 bits per heavy atom. The number of carbonyl (C=O) groups excluding carboxylic acids is 1. The van der Waals surface area contributed by atoms with E-state index in [4.69, 9.17) is 4.42 Å². The summed E-state index contributed by atoms with van der Waals surface area (Å²) in [4.78, 5) is 14.6. The molecule has 0 bridgehead atoms. The van der Waals surface area contributed by atoms with Gasteiger partial charge < -0.3 is 4.42 Å². The fraction of sp³-hybridized carbons (Fsp3) is 0.111. The fourth-order valence-corrected chi connectivity index (χ4v) is 1.78. The Balaban J connectivity index is 2.26. The number of halogens is 2. The number of fused-ring (bicyclic) bond motifs is 1. The van der Waals surface area contributed by atoms with Crippen molar-refractivity contribution in [1.29, 1.82) is 0 Å². The lowest BCUT2D eigenvalue weighted by atomic mass is 10.3. The van der Waals surface area contributed by atoms with Crippen LogP contribution in [0.25, 0.3) is 11.1 Å². The molecule has 2 rings (SSSR count). The van der Waals surface area contributed by atoms with E-state index in [1.165, 1.54) is 5.43 Å². The zero-order chi connectivity index (χ0) is 12.5. The van der Waals surface area contributed by atoms with Crippen molar-refractivity contribution in [1.82, 2.24) is 10.4 Å². The second-order valence-electron chi connectivity index (χ2n) is 3.04. The molecule has 1 heterocycles. The normalized spacial score (nSPS) is 11.7. The number of hydrogen-bond acceptors (Lipinski definition) is 5. The van der Waals surface area contributed by atoms with Crippen LogP contribution in [0.15, 0.2) is 33.9 Å².